The number of nitriles is 1. The van der Waals surface area contributed by atoms with E-state index in [1.54, 1.807) is 25.1 Å². The van der Waals surface area contributed by atoms with Crippen LogP contribution in [-0.4, -0.2) is 18.6 Å². The Kier molecular flexibility index (Phi) is 5.72. The molecule has 1 aromatic rings. The first-order valence-electron chi connectivity index (χ1n) is 6.15. The molecule has 96 valence electrons. The van der Waals surface area contributed by atoms with Crippen molar-refractivity contribution in [3.05, 3.63) is 29.8 Å². The number of carbonyl (C=O) groups excluding carboxylic acids is 1. The van der Waals surface area contributed by atoms with E-state index in [4.69, 9.17) is 10.00 Å². The molecule has 1 rings (SSSR count). The maximum atomic E-state index is 11.8. The number of carbonyl (C=O) groups is 1. The first-order valence-corrected chi connectivity index (χ1v) is 6.15. The van der Waals surface area contributed by atoms with Crippen molar-refractivity contribution in [1.82, 2.24) is 0 Å². The lowest BCUT2D eigenvalue weighted by molar-refractivity contribution is -0.144. The lowest BCUT2D eigenvalue weighted by Crippen LogP contribution is -2.31. The standard InChI is InChI=1S/C14H18N2O2/c1-3-7-13(14(17)18-4-2)16-12-9-6-5-8-11(12)10-15/h5-6,8-9,13,16H,3-4,7H2,1-2H3. The second-order valence-electron chi connectivity index (χ2n) is 3.90. The number of anilines is 1. The number of nitrogens with one attached hydrogen (secondary N) is 1. The fraction of sp³-hybridized carbons (Fsp3) is 0.429. The van der Waals surface area contributed by atoms with Gasteiger partial charge in [0.25, 0.3) is 0 Å². The Bertz CT molecular complexity index is 438. The predicted molar refractivity (Wildman–Crippen MR) is 70.1 cm³/mol. The van der Waals surface area contributed by atoms with E-state index in [1.165, 1.54) is 0 Å². The minimum atomic E-state index is -0.399. The quantitative estimate of drug-likeness (QED) is 0.784. The van der Waals surface area contributed by atoms with E-state index in [1.807, 2.05) is 13.0 Å². The fourth-order valence-corrected chi connectivity index (χ4v) is 1.67. The Morgan fingerprint density at radius 3 is 2.78 bits per heavy atom. The van der Waals surface area contributed by atoms with Gasteiger partial charge in [-0.25, -0.2) is 4.79 Å². The fourth-order valence-electron chi connectivity index (χ4n) is 1.67. The van der Waals surface area contributed by atoms with Crippen molar-refractivity contribution < 1.29 is 9.53 Å². The first kappa shape index (κ1) is 14.0. The highest BCUT2D eigenvalue weighted by molar-refractivity contribution is 5.80. The van der Waals surface area contributed by atoms with Crippen molar-refractivity contribution in [3.8, 4) is 6.07 Å². The summed E-state index contributed by atoms with van der Waals surface area (Å²) < 4.78 is 5.02. The molecular formula is C14H18N2O2. The third-order valence-corrected chi connectivity index (χ3v) is 2.53. The van der Waals surface area contributed by atoms with Crippen LogP contribution >= 0.6 is 0 Å². The highest BCUT2D eigenvalue weighted by Crippen LogP contribution is 2.16. The third-order valence-electron chi connectivity index (χ3n) is 2.53. The third kappa shape index (κ3) is 3.77. The summed E-state index contributed by atoms with van der Waals surface area (Å²) >= 11 is 0. The summed E-state index contributed by atoms with van der Waals surface area (Å²) in [6.45, 7) is 4.15. The summed E-state index contributed by atoms with van der Waals surface area (Å²) in [6, 6.07) is 8.84. The van der Waals surface area contributed by atoms with Crippen LogP contribution in [0.15, 0.2) is 24.3 Å². The van der Waals surface area contributed by atoms with E-state index in [0.717, 1.165) is 6.42 Å². The molecule has 0 aliphatic rings. The molecule has 0 heterocycles. The van der Waals surface area contributed by atoms with Crippen molar-refractivity contribution in [2.75, 3.05) is 11.9 Å². The van der Waals surface area contributed by atoms with Gasteiger partial charge < -0.3 is 10.1 Å². The monoisotopic (exact) mass is 246 g/mol. The van der Waals surface area contributed by atoms with Crippen LogP contribution in [0.3, 0.4) is 0 Å². The predicted octanol–water partition coefficient (Wildman–Crippen LogP) is 2.70. The van der Waals surface area contributed by atoms with E-state index >= 15 is 0 Å². The van der Waals surface area contributed by atoms with Crippen LogP contribution in [0.25, 0.3) is 0 Å². The zero-order valence-corrected chi connectivity index (χ0v) is 10.8. The Labute approximate surface area is 108 Å². The van der Waals surface area contributed by atoms with Crippen LogP contribution in [0, 0.1) is 11.3 Å². The lowest BCUT2D eigenvalue weighted by atomic mass is 10.1. The van der Waals surface area contributed by atoms with E-state index < -0.39 is 6.04 Å². The summed E-state index contributed by atoms with van der Waals surface area (Å²) in [5.41, 5.74) is 1.20. The van der Waals surface area contributed by atoms with E-state index in [2.05, 4.69) is 11.4 Å². The number of nitrogens with zero attached hydrogens (tertiary/aromatic N) is 1. The number of ether oxygens (including phenoxy) is 1. The molecular weight excluding hydrogens is 228 g/mol. The molecule has 4 heteroatoms. The van der Waals surface area contributed by atoms with Gasteiger partial charge in [0.1, 0.15) is 12.1 Å². The number of benzene rings is 1. The largest absolute Gasteiger partial charge is 0.464 e. The first-order chi connectivity index (χ1) is 8.72. The Balaban J connectivity index is 2.83. The maximum Gasteiger partial charge on any atom is 0.328 e. The number of para-hydroxylation sites is 1. The van der Waals surface area contributed by atoms with Gasteiger partial charge in [-0.05, 0) is 25.5 Å². The van der Waals surface area contributed by atoms with Gasteiger partial charge in [-0.2, -0.15) is 5.26 Å². The van der Waals surface area contributed by atoms with Crippen molar-refractivity contribution in [1.29, 1.82) is 5.26 Å². The van der Waals surface area contributed by atoms with Crippen LogP contribution in [0.5, 0.6) is 0 Å². The summed E-state index contributed by atoms with van der Waals surface area (Å²) in [5.74, 6) is -0.271. The maximum absolute atomic E-state index is 11.8. The van der Waals surface area contributed by atoms with Gasteiger partial charge in [-0.3, -0.25) is 0 Å². The van der Waals surface area contributed by atoms with Crippen LogP contribution in [0.4, 0.5) is 5.69 Å². The molecule has 0 saturated heterocycles. The van der Waals surface area contributed by atoms with Gasteiger partial charge in [0.15, 0.2) is 0 Å². The average molecular weight is 246 g/mol. The summed E-state index contributed by atoms with van der Waals surface area (Å²) in [4.78, 5) is 11.8. The molecule has 1 atom stereocenters. The Morgan fingerprint density at radius 1 is 1.44 bits per heavy atom. The molecule has 0 radical (unpaired) electrons. The van der Waals surface area contributed by atoms with E-state index in [0.29, 0.717) is 24.3 Å². The molecule has 0 aliphatic carbocycles. The number of rotatable bonds is 6. The van der Waals surface area contributed by atoms with Crippen molar-refractivity contribution >= 4 is 11.7 Å². The van der Waals surface area contributed by atoms with Crippen LogP contribution in [0.2, 0.25) is 0 Å². The zero-order valence-electron chi connectivity index (χ0n) is 10.8. The van der Waals surface area contributed by atoms with Gasteiger partial charge >= 0.3 is 5.97 Å². The number of hydrogen-bond donors (Lipinski definition) is 1. The highest BCUT2D eigenvalue weighted by atomic mass is 16.5. The molecule has 1 N–H and O–H groups in total. The molecule has 0 bridgehead atoms. The van der Waals surface area contributed by atoms with Gasteiger partial charge in [0.05, 0.1) is 17.9 Å². The average Bonchev–Trinajstić information content (AvgIpc) is 2.39. The van der Waals surface area contributed by atoms with E-state index in [-0.39, 0.29) is 5.97 Å². The number of hydrogen-bond acceptors (Lipinski definition) is 4. The van der Waals surface area contributed by atoms with Gasteiger partial charge in [-0.15, -0.1) is 0 Å². The smallest absolute Gasteiger partial charge is 0.328 e. The van der Waals surface area contributed by atoms with Crippen LogP contribution in [-0.2, 0) is 9.53 Å². The molecule has 0 spiro atoms. The highest BCUT2D eigenvalue weighted by Gasteiger charge is 2.19. The molecule has 0 aliphatic heterocycles. The van der Waals surface area contributed by atoms with E-state index in [9.17, 15) is 4.79 Å². The lowest BCUT2D eigenvalue weighted by Gasteiger charge is -2.18. The minimum Gasteiger partial charge on any atom is -0.464 e. The molecule has 0 fully saturated rings. The zero-order chi connectivity index (χ0) is 13.4. The number of esters is 1. The molecule has 1 unspecified atom stereocenters. The molecule has 0 amide bonds. The molecule has 1 aromatic carbocycles. The topological polar surface area (TPSA) is 62.1 Å². The van der Waals surface area contributed by atoms with Gasteiger partial charge in [-0.1, -0.05) is 25.5 Å². The van der Waals surface area contributed by atoms with Crippen LogP contribution < -0.4 is 5.32 Å². The van der Waals surface area contributed by atoms with Crippen molar-refractivity contribution in [2.45, 2.75) is 32.7 Å². The second kappa shape index (κ2) is 7.33. The normalized spacial score (nSPS) is 11.4. The SMILES string of the molecule is CCCC(Nc1ccccc1C#N)C(=O)OCC. The molecule has 0 saturated carbocycles. The second-order valence-corrected chi connectivity index (χ2v) is 3.90. The van der Waals surface area contributed by atoms with Crippen molar-refractivity contribution in [3.63, 3.8) is 0 Å². The van der Waals surface area contributed by atoms with Gasteiger partial charge in [0.2, 0.25) is 0 Å². The summed E-state index contributed by atoms with van der Waals surface area (Å²) in [7, 11) is 0. The minimum absolute atomic E-state index is 0.271. The summed E-state index contributed by atoms with van der Waals surface area (Å²) in [5, 5.41) is 12.1. The Hall–Kier alpha value is -2.02. The van der Waals surface area contributed by atoms with Gasteiger partial charge in [0, 0.05) is 0 Å². The summed E-state index contributed by atoms with van der Waals surface area (Å²) in [6.07, 6.45) is 1.55. The molecule has 18 heavy (non-hydrogen) atoms. The molecule has 0 aromatic heterocycles. The molecule has 4 nitrogen and oxygen atoms in total. The van der Waals surface area contributed by atoms with Crippen molar-refractivity contribution in [2.24, 2.45) is 0 Å². The van der Waals surface area contributed by atoms with Crippen LogP contribution in [0.1, 0.15) is 32.3 Å². The Morgan fingerprint density at radius 2 is 2.17 bits per heavy atom.